The first-order valence-electron chi connectivity index (χ1n) is 7.91. The minimum absolute atomic E-state index is 1.11. The summed E-state index contributed by atoms with van der Waals surface area (Å²) < 4.78 is 0. The van der Waals surface area contributed by atoms with Crippen LogP contribution in [0.5, 0.6) is 0 Å². The van der Waals surface area contributed by atoms with E-state index in [0.717, 1.165) is 18.8 Å². The van der Waals surface area contributed by atoms with Crippen molar-refractivity contribution < 1.29 is 0 Å². The van der Waals surface area contributed by atoms with Gasteiger partial charge in [-0.25, -0.2) is 0 Å². The van der Waals surface area contributed by atoms with E-state index >= 15 is 0 Å². The van der Waals surface area contributed by atoms with Gasteiger partial charge in [-0.3, -0.25) is 0 Å². The van der Waals surface area contributed by atoms with E-state index in [1.807, 2.05) is 11.8 Å². The van der Waals surface area contributed by atoms with Gasteiger partial charge in [0, 0.05) is 31.1 Å². The summed E-state index contributed by atoms with van der Waals surface area (Å²) in [6, 6.07) is 10.7. The zero-order chi connectivity index (χ0) is 14.5. The van der Waals surface area contributed by atoms with E-state index in [1.165, 1.54) is 43.8 Å². The maximum Gasteiger partial charge on any atom is 0.0185 e. The molecule has 0 atom stereocenters. The molecule has 0 heterocycles. The van der Waals surface area contributed by atoms with Gasteiger partial charge in [0.25, 0.3) is 0 Å². The van der Waals surface area contributed by atoms with Crippen LogP contribution in [0.3, 0.4) is 0 Å². The Hall–Kier alpha value is -0.510. The van der Waals surface area contributed by atoms with E-state index in [4.69, 9.17) is 0 Å². The molecule has 0 aromatic heterocycles. The maximum atomic E-state index is 3.56. The number of hydrogen-bond donors (Lipinski definition) is 1. The molecule has 0 aliphatic carbocycles. The van der Waals surface area contributed by atoms with Crippen molar-refractivity contribution in [1.29, 1.82) is 0 Å². The number of nitrogens with zero attached hydrogens (tertiary/aromatic N) is 1. The third-order valence-electron chi connectivity index (χ3n) is 3.22. The zero-order valence-electron chi connectivity index (χ0n) is 13.1. The van der Waals surface area contributed by atoms with E-state index in [1.54, 1.807) is 0 Å². The highest BCUT2D eigenvalue weighted by Crippen LogP contribution is 2.10. The number of thioether (sulfide) groups is 1. The van der Waals surface area contributed by atoms with Gasteiger partial charge in [0.15, 0.2) is 0 Å². The fraction of sp³-hybridized carbons (Fsp3) is 0.647. The van der Waals surface area contributed by atoms with Crippen LogP contribution >= 0.6 is 11.8 Å². The molecule has 0 amide bonds. The first kappa shape index (κ1) is 17.5. The Morgan fingerprint density at radius 1 is 0.950 bits per heavy atom. The Bertz CT molecular complexity index is 310. The SMILES string of the molecule is CCCN(CCC)CCNCCSCc1ccccc1. The van der Waals surface area contributed by atoms with Crippen molar-refractivity contribution in [3.05, 3.63) is 35.9 Å². The standard InChI is InChI=1S/C17H30N2S/c1-3-12-19(13-4-2)14-10-18-11-15-20-16-17-8-6-5-7-9-17/h5-9,18H,3-4,10-16H2,1-2H3. The van der Waals surface area contributed by atoms with Gasteiger partial charge in [-0.1, -0.05) is 44.2 Å². The summed E-state index contributed by atoms with van der Waals surface area (Å²) in [5, 5.41) is 3.56. The Morgan fingerprint density at radius 2 is 1.65 bits per heavy atom. The summed E-state index contributed by atoms with van der Waals surface area (Å²) in [5.74, 6) is 2.32. The van der Waals surface area contributed by atoms with Gasteiger partial charge in [0.2, 0.25) is 0 Å². The van der Waals surface area contributed by atoms with Gasteiger partial charge in [0.05, 0.1) is 0 Å². The van der Waals surface area contributed by atoms with E-state index in [0.29, 0.717) is 0 Å². The second kappa shape index (κ2) is 12.2. The zero-order valence-corrected chi connectivity index (χ0v) is 13.9. The van der Waals surface area contributed by atoms with Crippen molar-refractivity contribution in [2.75, 3.05) is 38.5 Å². The summed E-state index contributed by atoms with van der Waals surface area (Å²) in [4.78, 5) is 2.56. The molecular formula is C17H30N2S. The number of nitrogens with one attached hydrogen (secondary N) is 1. The molecule has 0 bridgehead atoms. The van der Waals surface area contributed by atoms with Crippen LogP contribution < -0.4 is 5.32 Å². The quantitative estimate of drug-likeness (QED) is 0.593. The van der Waals surface area contributed by atoms with Gasteiger partial charge >= 0.3 is 0 Å². The minimum Gasteiger partial charge on any atom is -0.315 e. The van der Waals surface area contributed by atoms with Crippen LogP contribution in [0.15, 0.2) is 30.3 Å². The van der Waals surface area contributed by atoms with Gasteiger partial charge < -0.3 is 10.2 Å². The highest BCUT2D eigenvalue weighted by atomic mass is 32.2. The van der Waals surface area contributed by atoms with Gasteiger partial charge in [-0.15, -0.1) is 0 Å². The van der Waals surface area contributed by atoms with Crippen molar-refractivity contribution in [2.45, 2.75) is 32.4 Å². The van der Waals surface area contributed by atoms with Crippen LogP contribution in [0, 0.1) is 0 Å². The lowest BCUT2D eigenvalue weighted by Gasteiger charge is -2.20. The fourth-order valence-corrected chi connectivity index (χ4v) is 3.10. The van der Waals surface area contributed by atoms with E-state index in [9.17, 15) is 0 Å². The summed E-state index contributed by atoms with van der Waals surface area (Å²) in [6.45, 7) is 10.4. The molecule has 114 valence electrons. The molecule has 1 N–H and O–H groups in total. The van der Waals surface area contributed by atoms with Gasteiger partial charge in [-0.05, 0) is 31.5 Å². The Labute approximate surface area is 129 Å². The Kier molecular flexibility index (Phi) is 10.7. The Morgan fingerprint density at radius 3 is 2.30 bits per heavy atom. The third kappa shape index (κ3) is 8.62. The second-order valence-electron chi connectivity index (χ2n) is 5.13. The molecule has 3 heteroatoms. The molecule has 0 spiro atoms. The van der Waals surface area contributed by atoms with Crippen molar-refractivity contribution in [1.82, 2.24) is 10.2 Å². The lowest BCUT2D eigenvalue weighted by atomic mass is 10.2. The molecule has 0 aliphatic rings. The highest BCUT2D eigenvalue weighted by molar-refractivity contribution is 7.98. The maximum absolute atomic E-state index is 3.56. The number of hydrogen-bond acceptors (Lipinski definition) is 3. The van der Waals surface area contributed by atoms with Crippen molar-refractivity contribution in [3.8, 4) is 0 Å². The molecule has 1 rings (SSSR count). The van der Waals surface area contributed by atoms with E-state index < -0.39 is 0 Å². The molecule has 0 saturated heterocycles. The van der Waals surface area contributed by atoms with Crippen molar-refractivity contribution >= 4 is 11.8 Å². The van der Waals surface area contributed by atoms with Crippen LogP contribution in [-0.2, 0) is 5.75 Å². The molecule has 0 fully saturated rings. The Balaban J connectivity index is 1.96. The van der Waals surface area contributed by atoms with Crippen LogP contribution in [-0.4, -0.2) is 43.4 Å². The third-order valence-corrected chi connectivity index (χ3v) is 4.25. The topological polar surface area (TPSA) is 15.3 Å². The number of benzene rings is 1. The van der Waals surface area contributed by atoms with Gasteiger partial charge in [0.1, 0.15) is 0 Å². The normalized spacial score (nSPS) is 11.2. The minimum atomic E-state index is 1.11. The summed E-state index contributed by atoms with van der Waals surface area (Å²) in [7, 11) is 0. The monoisotopic (exact) mass is 294 g/mol. The van der Waals surface area contributed by atoms with E-state index in [-0.39, 0.29) is 0 Å². The average molecular weight is 295 g/mol. The molecule has 20 heavy (non-hydrogen) atoms. The van der Waals surface area contributed by atoms with E-state index in [2.05, 4.69) is 54.4 Å². The van der Waals surface area contributed by atoms with Gasteiger partial charge in [-0.2, -0.15) is 11.8 Å². The predicted octanol–water partition coefficient (Wildman–Crippen LogP) is 3.63. The first-order chi connectivity index (χ1) is 9.86. The summed E-state index contributed by atoms with van der Waals surface area (Å²) in [6.07, 6.45) is 2.51. The molecule has 0 radical (unpaired) electrons. The largest absolute Gasteiger partial charge is 0.315 e. The van der Waals surface area contributed by atoms with Crippen LogP contribution in [0.2, 0.25) is 0 Å². The molecule has 0 aliphatic heterocycles. The van der Waals surface area contributed by atoms with Crippen molar-refractivity contribution in [2.24, 2.45) is 0 Å². The first-order valence-corrected chi connectivity index (χ1v) is 9.07. The summed E-state index contributed by atoms with van der Waals surface area (Å²) >= 11 is 2.01. The second-order valence-corrected chi connectivity index (χ2v) is 6.23. The average Bonchev–Trinajstić information content (AvgIpc) is 2.47. The van der Waals surface area contributed by atoms with Crippen molar-refractivity contribution in [3.63, 3.8) is 0 Å². The molecule has 0 saturated carbocycles. The fourth-order valence-electron chi connectivity index (χ4n) is 2.24. The van der Waals surface area contributed by atoms with Crippen LogP contribution in [0.25, 0.3) is 0 Å². The lowest BCUT2D eigenvalue weighted by Crippen LogP contribution is -2.34. The highest BCUT2D eigenvalue weighted by Gasteiger charge is 2.01. The molecule has 2 nitrogen and oxygen atoms in total. The molecule has 1 aromatic carbocycles. The molecule has 0 unspecified atom stereocenters. The molecule has 1 aromatic rings. The molecular weight excluding hydrogens is 264 g/mol. The smallest absolute Gasteiger partial charge is 0.0185 e. The summed E-state index contributed by atoms with van der Waals surface area (Å²) in [5.41, 5.74) is 1.43. The predicted molar refractivity (Wildman–Crippen MR) is 92.5 cm³/mol. The lowest BCUT2D eigenvalue weighted by molar-refractivity contribution is 0.275. The van der Waals surface area contributed by atoms with Crippen LogP contribution in [0.1, 0.15) is 32.3 Å². The van der Waals surface area contributed by atoms with Crippen LogP contribution in [0.4, 0.5) is 0 Å². The number of rotatable bonds is 12.